The van der Waals surface area contributed by atoms with Crippen molar-refractivity contribution in [3.63, 3.8) is 0 Å². The largest absolute Gasteiger partial charge is 0.497 e. The van der Waals surface area contributed by atoms with Crippen LogP contribution in [0, 0.1) is 0 Å². The monoisotopic (exact) mass is 243 g/mol. The van der Waals surface area contributed by atoms with Crippen molar-refractivity contribution in [2.45, 2.75) is 6.54 Å². The molecule has 18 heavy (non-hydrogen) atoms. The zero-order valence-corrected chi connectivity index (χ0v) is 10.6. The first-order chi connectivity index (χ1) is 8.81. The molecule has 0 amide bonds. The van der Waals surface area contributed by atoms with Gasteiger partial charge in [0.15, 0.2) is 0 Å². The van der Waals surface area contributed by atoms with E-state index < -0.39 is 0 Å². The molecule has 4 nitrogen and oxygen atoms in total. The quantitative estimate of drug-likeness (QED) is 0.847. The van der Waals surface area contributed by atoms with Crippen LogP contribution in [0.1, 0.15) is 5.56 Å². The Kier molecular flexibility index (Phi) is 4.02. The van der Waals surface area contributed by atoms with E-state index in [1.54, 1.807) is 13.3 Å². The standard InChI is InChI=1S/C14H17N3O/c1-15-14-9-12(7-8-16-14)17-10-11-3-5-13(18-2)6-4-11/h3-9H,10H2,1-2H3,(H2,15,16,17). The van der Waals surface area contributed by atoms with E-state index in [9.17, 15) is 0 Å². The molecule has 0 saturated carbocycles. The third-order valence-corrected chi connectivity index (χ3v) is 2.67. The highest BCUT2D eigenvalue weighted by Crippen LogP contribution is 2.15. The van der Waals surface area contributed by atoms with Gasteiger partial charge in [0.25, 0.3) is 0 Å². The summed E-state index contributed by atoms with van der Waals surface area (Å²) in [4.78, 5) is 4.17. The predicted molar refractivity (Wildman–Crippen MR) is 74.1 cm³/mol. The minimum Gasteiger partial charge on any atom is -0.497 e. The molecule has 0 bridgehead atoms. The second-order valence-electron chi connectivity index (χ2n) is 3.88. The molecule has 0 aliphatic heterocycles. The van der Waals surface area contributed by atoms with Crippen LogP contribution >= 0.6 is 0 Å². The number of benzene rings is 1. The van der Waals surface area contributed by atoms with E-state index in [4.69, 9.17) is 4.74 Å². The number of pyridine rings is 1. The second-order valence-corrected chi connectivity index (χ2v) is 3.88. The lowest BCUT2D eigenvalue weighted by Crippen LogP contribution is -2.00. The van der Waals surface area contributed by atoms with Gasteiger partial charge >= 0.3 is 0 Å². The van der Waals surface area contributed by atoms with Crippen molar-refractivity contribution >= 4 is 11.5 Å². The maximum Gasteiger partial charge on any atom is 0.127 e. The number of methoxy groups -OCH3 is 1. The number of rotatable bonds is 5. The molecule has 0 radical (unpaired) electrons. The van der Waals surface area contributed by atoms with E-state index in [2.05, 4.69) is 15.6 Å². The summed E-state index contributed by atoms with van der Waals surface area (Å²) < 4.78 is 5.13. The van der Waals surface area contributed by atoms with Gasteiger partial charge in [-0.15, -0.1) is 0 Å². The summed E-state index contributed by atoms with van der Waals surface area (Å²) in [6, 6.07) is 11.9. The second kappa shape index (κ2) is 5.91. The maximum atomic E-state index is 5.13. The Morgan fingerprint density at radius 2 is 1.94 bits per heavy atom. The van der Waals surface area contributed by atoms with Crippen molar-refractivity contribution in [3.8, 4) is 5.75 Å². The Balaban J connectivity index is 1.97. The number of hydrogen-bond acceptors (Lipinski definition) is 4. The zero-order valence-electron chi connectivity index (χ0n) is 10.6. The molecule has 1 heterocycles. The molecule has 2 rings (SSSR count). The van der Waals surface area contributed by atoms with Crippen LogP contribution in [0.5, 0.6) is 5.75 Å². The number of anilines is 2. The van der Waals surface area contributed by atoms with Crippen LogP contribution in [0.25, 0.3) is 0 Å². The van der Waals surface area contributed by atoms with Crippen LogP contribution < -0.4 is 15.4 Å². The molecule has 2 N–H and O–H groups in total. The van der Waals surface area contributed by atoms with Gasteiger partial charge in [0.2, 0.25) is 0 Å². The molecular weight excluding hydrogens is 226 g/mol. The zero-order chi connectivity index (χ0) is 12.8. The Hall–Kier alpha value is -2.23. The van der Waals surface area contributed by atoms with Gasteiger partial charge in [-0.1, -0.05) is 12.1 Å². The van der Waals surface area contributed by atoms with Crippen LogP contribution in [0.3, 0.4) is 0 Å². The van der Waals surface area contributed by atoms with Crippen molar-refractivity contribution in [2.24, 2.45) is 0 Å². The van der Waals surface area contributed by atoms with Crippen LogP contribution in [-0.4, -0.2) is 19.1 Å². The topological polar surface area (TPSA) is 46.2 Å². The van der Waals surface area contributed by atoms with Crippen LogP contribution in [-0.2, 0) is 6.54 Å². The molecule has 0 atom stereocenters. The summed E-state index contributed by atoms with van der Waals surface area (Å²) in [7, 11) is 3.53. The third-order valence-electron chi connectivity index (χ3n) is 2.67. The van der Waals surface area contributed by atoms with Crippen LogP contribution in [0.2, 0.25) is 0 Å². The van der Waals surface area contributed by atoms with Gasteiger partial charge in [0, 0.05) is 31.5 Å². The van der Waals surface area contributed by atoms with E-state index >= 15 is 0 Å². The van der Waals surface area contributed by atoms with Crippen LogP contribution in [0.15, 0.2) is 42.6 Å². The lowest BCUT2D eigenvalue weighted by molar-refractivity contribution is 0.414. The van der Waals surface area contributed by atoms with Crippen molar-refractivity contribution in [1.29, 1.82) is 0 Å². The Morgan fingerprint density at radius 1 is 1.17 bits per heavy atom. The van der Waals surface area contributed by atoms with Gasteiger partial charge in [0.05, 0.1) is 7.11 Å². The summed E-state index contributed by atoms with van der Waals surface area (Å²) in [6.45, 7) is 0.775. The highest BCUT2D eigenvalue weighted by Gasteiger charge is 1.97. The number of nitrogens with one attached hydrogen (secondary N) is 2. The van der Waals surface area contributed by atoms with E-state index in [0.29, 0.717) is 0 Å². The fraction of sp³-hybridized carbons (Fsp3) is 0.214. The first kappa shape index (κ1) is 12.2. The lowest BCUT2D eigenvalue weighted by Gasteiger charge is -2.08. The fourth-order valence-corrected chi connectivity index (χ4v) is 1.62. The van der Waals surface area contributed by atoms with Gasteiger partial charge in [-0.2, -0.15) is 0 Å². The molecule has 1 aromatic carbocycles. The molecule has 94 valence electrons. The van der Waals surface area contributed by atoms with Gasteiger partial charge < -0.3 is 15.4 Å². The first-order valence-electron chi connectivity index (χ1n) is 5.82. The fourth-order valence-electron chi connectivity index (χ4n) is 1.62. The molecule has 0 spiro atoms. The van der Waals surface area contributed by atoms with Crippen molar-refractivity contribution in [1.82, 2.24) is 4.98 Å². The molecular formula is C14H17N3O. The number of ether oxygens (including phenoxy) is 1. The molecule has 1 aromatic heterocycles. The molecule has 0 saturated heterocycles. The number of nitrogens with zero attached hydrogens (tertiary/aromatic N) is 1. The van der Waals surface area contributed by atoms with Gasteiger partial charge in [-0.05, 0) is 23.8 Å². The number of hydrogen-bond donors (Lipinski definition) is 2. The smallest absolute Gasteiger partial charge is 0.127 e. The molecule has 0 aliphatic rings. The summed E-state index contributed by atoms with van der Waals surface area (Å²) in [6.07, 6.45) is 1.78. The minimum absolute atomic E-state index is 0.775. The molecule has 0 aliphatic carbocycles. The average Bonchev–Trinajstić information content (AvgIpc) is 2.46. The highest BCUT2D eigenvalue weighted by atomic mass is 16.5. The molecule has 0 unspecified atom stereocenters. The van der Waals surface area contributed by atoms with Crippen molar-refractivity contribution < 1.29 is 4.74 Å². The normalized spacial score (nSPS) is 9.89. The minimum atomic E-state index is 0.775. The molecule has 0 fully saturated rings. The SMILES string of the molecule is CNc1cc(NCc2ccc(OC)cc2)ccn1. The Bertz CT molecular complexity index is 497. The molecule has 4 heteroatoms. The van der Waals surface area contributed by atoms with Gasteiger partial charge in [0.1, 0.15) is 11.6 Å². The average molecular weight is 243 g/mol. The maximum absolute atomic E-state index is 5.13. The van der Waals surface area contributed by atoms with Crippen molar-refractivity contribution in [3.05, 3.63) is 48.2 Å². The van der Waals surface area contributed by atoms with E-state index in [1.807, 2.05) is 43.4 Å². The lowest BCUT2D eigenvalue weighted by atomic mass is 10.2. The third kappa shape index (κ3) is 3.13. The first-order valence-corrected chi connectivity index (χ1v) is 5.82. The van der Waals surface area contributed by atoms with E-state index in [1.165, 1.54) is 5.56 Å². The summed E-state index contributed by atoms with van der Waals surface area (Å²) in [5.74, 6) is 1.73. The van der Waals surface area contributed by atoms with Gasteiger partial charge in [-0.3, -0.25) is 0 Å². The number of aromatic nitrogens is 1. The Morgan fingerprint density at radius 3 is 2.61 bits per heavy atom. The predicted octanol–water partition coefficient (Wildman–Crippen LogP) is 2.74. The summed E-state index contributed by atoms with van der Waals surface area (Å²) >= 11 is 0. The van der Waals surface area contributed by atoms with E-state index in [-0.39, 0.29) is 0 Å². The highest BCUT2D eigenvalue weighted by molar-refractivity contribution is 5.51. The molecule has 2 aromatic rings. The summed E-state index contributed by atoms with van der Waals surface area (Å²) in [5, 5.41) is 6.37. The van der Waals surface area contributed by atoms with Crippen molar-refractivity contribution in [2.75, 3.05) is 24.8 Å². The van der Waals surface area contributed by atoms with Crippen LogP contribution in [0.4, 0.5) is 11.5 Å². The Labute approximate surface area is 107 Å². The summed E-state index contributed by atoms with van der Waals surface area (Å²) in [5.41, 5.74) is 2.25. The van der Waals surface area contributed by atoms with E-state index in [0.717, 1.165) is 23.8 Å². The van der Waals surface area contributed by atoms with Gasteiger partial charge in [-0.25, -0.2) is 4.98 Å².